The molecule has 0 radical (unpaired) electrons. The van der Waals surface area contributed by atoms with Crippen LogP contribution in [0.5, 0.6) is 0 Å². The van der Waals surface area contributed by atoms with Crippen LogP contribution in [0.4, 0.5) is 0 Å². The van der Waals surface area contributed by atoms with Crippen LogP contribution in [0.15, 0.2) is 17.5 Å². The van der Waals surface area contributed by atoms with Crippen molar-refractivity contribution < 1.29 is 9.90 Å². The summed E-state index contributed by atoms with van der Waals surface area (Å²) >= 11 is 1.54. The highest BCUT2D eigenvalue weighted by molar-refractivity contribution is 7.10. The lowest BCUT2D eigenvalue weighted by Crippen LogP contribution is -2.61. The molecule has 1 aromatic rings. The van der Waals surface area contributed by atoms with Gasteiger partial charge in [-0.15, -0.1) is 11.3 Å². The minimum Gasteiger partial charge on any atom is -0.480 e. The van der Waals surface area contributed by atoms with E-state index in [4.69, 9.17) is 0 Å². The molecule has 0 aromatic carbocycles. The van der Waals surface area contributed by atoms with Gasteiger partial charge < -0.3 is 5.11 Å². The van der Waals surface area contributed by atoms with Crippen molar-refractivity contribution in [2.75, 3.05) is 13.1 Å². The third-order valence-electron chi connectivity index (χ3n) is 3.90. The Morgan fingerprint density at radius 2 is 2.25 bits per heavy atom. The molecule has 0 bridgehead atoms. The highest BCUT2D eigenvalue weighted by Crippen LogP contribution is 2.50. The third-order valence-corrected chi connectivity index (χ3v) is 4.83. The number of carboxylic acid groups (broad SMARTS) is 1. The Bertz CT molecular complexity index is 389. The van der Waals surface area contributed by atoms with Gasteiger partial charge in [0.2, 0.25) is 0 Å². The topological polar surface area (TPSA) is 40.5 Å². The standard InChI is InChI=1S/C12H15NO2S/c14-11(15)10(9-3-1-6-16-9)13-7-12(8-13)4-2-5-12/h1,3,6,10H,2,4-5,7-8H2,(H,14,15). The van der Waals surface area contributed by atoms with E-state index in [-0.39, 0.29) is 0 Å². The predicted molar refractivity (Wildman–Crippen MR) is 62.6 cm³/mol. The molecule has 16 heavy (non-hydrogen) atoms. The Labute approximate surface area is 98.7 Å². The van der Waals surface area contributed by atoms with E-state index in [9.17, 15) is 9.90 Å². The number of nitrogens with zero attached hydrogens (tertiary/aromatic N) is 1. The summed E-state index contributed by atoms with van der Waals surface area (Å²) in [6, 6.07) is 3.44. The van der Waals surface area contributed by atoms with Gasteiger partial charge in [0.1, 0.15) is 6.04 Å². The maximum atomic E-state index is 11.3. The molecule has 3 rings (SSSR count). The molecule has 3 nitrogen and oxygen atoms in total. The van der Waals surface area contributed by atoms with Crippen molar-refractivity contribution >= 4 is 17.3 Å². The molecule has 1 aromatic heterocycles. The molecular weight excluding hydrogens is 222 g/mol. The van der Waals surface area contributed by atoms with Crippen LogP contribution in [0.1, 0.15) is 30.2 Å². The number of carbonyl (C=O) groups is 1. The fourth-order valence-electron chi connectivity index (χ4n) is 2.90. The van der Waals surface area contributed by atoms with Crippen LogP contribution in [0.2, 0.25) is 0 Å². The molecule has 2 heterocycles. The Balaban J connectivity index is 1.73. The molecule has 1 unspecified atom stereocenters. The number of hydrogen-bond acceptors (Lipinski definition) is 3. The van der Waals surface area contributed by atoms with Crippen LogP contribution < -0.4 is 0 Å². The van der Waals surface area contributed by atoms with Crippen LogP contribution >= 0.6 is 11.3 Å². The third kappa shape index (κ3) is 1.48. The maximum absolute atomic E-state index is 11.3. The molecule has 1 saturated heterocycles. The fourth-order valence-corrected chi connectivity index (χ4v) is 3.75. The second-order valence-corrected chi connectivity index (χ2v) is 5.99. The quantitative estimate of drug-likeness (QED) is 0.877. The summed E-state index contributed by atoms with van der Waals surface area (Å²) in [5.74, 6) is -0.711. The first kappa shape index (κ1) is 10.3. The highest BCUT2D eigenvalue weighted by atomic mass is 32.1. The number of carboxylic acids is 1. The Hall–Kier alpha value is -0.870. The lowest BCUT2D eigenvalue weighted by Gasteiger charge is -2.57. The van der Waals surface area contributed by atoms with E-state index in [0.29, 0.717) is 5.41 Å². The first-order valence-electron chi connectivity index (χ1n) is 5.71. The number of thiophene rings is 1. The second kappa shape index (κ2) is 3.57. The largest absolute Gasteiger partial charge is 0.480 e. The minimum atomic E-state index is -0.711. The summed E-state index contributed by atoms with van der Waals surface area (Å²) < 4.78 is 0. The Morgan fingerprint density at radius 3 is 2.69 bits per heavy atom. The predicted octanol–water partition coefficient (Wildman–Crippen LogP) is 2.36. The fraction of sp³-hybridized carbons (Fsp3) is 0.583. The van der Waals surface area contributed by atoms with Crippen molar-refractivity contribution in [1.82, 2.24) is 4.90 Å². The molecule has 1 saturated carbocycles. The zero-order valence-corrected chi connectivity index (χ0v) is 9.87. The van der Waals surface area contributed by atoms with E-state index in [0.717, 1.165) is 18.0 Å². The number of likely N-dealkylation sites (tertiary alicyclic amines) is 1. The first-order chi connectivity index (χ1) is 7.70. The molecule has 86 valence electrons. The summed E-state index contributed by atoms with van der Waals surface area (Å²) in [6.45, 7) is 1.95. The number of rotatable bonds is 3. The van der Waals surface area contributed by atoms with Gasteiger partial charge in [-0.1, -0.05) is 12.5 Å². The van der Waals surface area contributed by atoms with E-state index < -0.39 is 12.0 Å². The van der Waals surface area contributed by atoms with Crippen molar-refractivity contribution in [3.05, 3.63) is 22.4 Å². The van der Waals surface area contributed by atoms with Gasteiger partial charge in [-0.25, -0.2) is 0 Å². The van der Waals surface area contributed by atoms with Crippen molar-refractivity contribution in [3.8, 4) is 0 Å². The molecule has 4 heteroatoms. The molecule has 2 aliphatic rings. The zero-order valence-electron chi connectivity index (χ0n) is 9.06. The van der Waals surface area contributed by atoms with Crippen molar-refractivity contribution in [2.45, 2.75) is 25.3 Å². The lowest BCUT2D eigenvalue weighted by molar-refractivity contribution is -0.154. The molecule has 1 spiro atoms. The maximum Gasteiger partial charge on any atom is 0.326 e. The SMILES string of the molecule is O=C(O)C(c1cccs1)N1CC2(CCC2)C1. The monoisotopic (exact) mass is 237 g/mol. The minimum absolute atomic E-state index is 0.411. The Morgan fingerprint density at radius 1 is 1.50 bits per heavy atom. The van der Waals surface area contributed by atoms with Gasteiger partial charge in [-0.2, -0.15) is 0 Å². The summed E-state index contributed by atoms with van der Waals surface area (Å²) in [5.41, 5.74) is 0.491. The van der Waals surface area contributed by atoms with Gasteiger partial charge in [0.05, 0.1) is 0 Å². The van der Waals surface area contributed by atoms with Crippen LogP contribution in [0.25, 0.3) is 0 Å². The molecule has 1 N–H and O–H groups in total. The second-order valence-electron chi connectivity index (χ2n) is 5.01. The smallest absolute Gasteiger partial charge is 0.326 e. The number of hydrogen-bond donors (Lipinski definition) is 1. The molecule has 1 atom stereocenters. The van der Waals surface area contributed by atoms with Gasteiger partial charge in [-0.05, 0) is 29.7 Å². The van der Waals surface area contributed by atoms with Crippen molar-refractivity contribution in [1.29, 1.82) is 0 Å². The van der Waals surface area contributed by atoms with E-state index >= 15 is 0 Å². The van der Waals surface area contributed by atoms with Gasteiger partial charge in [0.15, 0.2) is 0 Å². The summed E-state index contributed by atoms with van der Waals surface area (Å²) in [5, 5.41) is 11.3. The lowest BCUT2D eigenvalue weighted by atomic mass is 9.63. The summed E-state index contributed by atoms with van der Waals surface area (Å²) in [6.07, 6.45) is 3.91. The normalized spacial score (nSPS) is 24.8. The molecule has 1 aliphatic heterocycles. The van der Waals surface area contributed by atoms with Crippen LogP contribution in [-0.4, -0.2) is 29.1 Å². The van der Waals surface area contributed by atoms with Crippen LogP contribution in [0.3, 0.4) is 0 Å². The highest BCUT2D eigenvalue weighted by Gasteiger charge is 2.50. The summed E-state index contributed by atoms with van der Waals surface area (Å²) in [4.78, 5) is 14.4. The summed E-state index contributed by atoms with van der Waals surface area (Å²) in [7, 11) is 0. The van der Waals surface area contributed by atoms with E-state index in [1.54, 1.807) is 11.3 Å². The Kier molecular flexibility index (Phi) is 2.30. The van der Waals surface area contributed by atoms with Crippen molar-refractivity contribution in [2.24, 2.45) is 5.41 Å². The van der Waals surface area contributed by atoms with Gasteiger partial charge >= 0.3 is 5.97 Å². The van der Waals surface area contributed by atoms with E-state index in [1.165, 1.54) is 19.3 Å². The average Bonchev–Trinajstić information content (AvgIpc) is 2.58. The van der Waals surface area contributed by atoms with Crippen LogP contribution in [0, 0.1) is 5.41 Å². The van der Waals surface area contributed by atoms with E-state index in [1.807, 2.05) is 17.5 Å². The van der Waals surface area contributed by atoms with Gasteiger partial charge in [0.25, 0.3) is 0 Å². The first-order valence-corrected chi connectivity index (χ1v) is 6.58. The molecular formula is C12H15NO2S. The van der Waals surface area contributed by atoms with Crippen LogP contribution in [-0.2, 0) is 4.79 Å². The zero-order chi connectivity index (χ0) is 11.2. The molecule has 2 fully saturated rings. The van der Waals surface area contributed by atoms with Gasteiger partial charge in [0, 0.05) is 18.0 Å². The molecule has 1 aliphatic carbocycles. The number of aliphatic carboxylic acids is 1. The average molecular weight is 237 g/mol. The molecule has 0 amide bonds. The van der Waals surface area contributed by atoms with E-state index in [2.05, 4.69) is 4.90 Å². The van der Waals surface area contributed by atoms with Gasteiger partial charge in [-0.3, -0.25) is 9.69 Å². The van der Waals surface area contributed by atoms with Crippen molar-refractivity contribution in [3.63, 3.8) is 0 Å².